The molecule has 0 saturated heterocycles. The van der Waals surface area contributed by atoms with Crippen LogP contribution in [0.2, 0.25) is 0 Å². The predicted octanol–water partition coefficient (Wildman–Crippen LogP) is 2.09. The molecule has 1 aliphatic carbocycles. The molecule has 0 amide bonds. The van der Waals surface area contributed by atoms with E-state index < -0.39 is 5.97 Å². The van der Waals surface area contributed by atoms with Crippen LogP contribution in [-0.2, 0) is 4.79 Å². The molecule has 1 N–H and O–H groups in total. The lowest BCUT2D eigenvalue weighted by Gasteiger charge is -2.22. The minimum Gasteiger partial charge on any atom is -0.481 e. The van der Waals surface area contributed by atoms with Gasteiger partial charge in [-0.1, -0.05) is 19.3 Å². The molecule has 4 nitrogen and oxygen atoms in total. The van der Waals surface area contributed by atoms with Gasteiger partial charge in [-0.15, -0.1) is 0 Å². The molecule has 2 rings (SSSR count). The van der Waals surface area contributed by atoms with Crippen molar-refractivity contribution in [2.45, 2.75) is 38.1 Å². The van der Waals surface area contributed by atoms with Gasteiger partial charge in [0.15, 0.2) is 0 Å². The highest BCUT2D eigenvalue weighted by atomic mass is 16.4. The summed E-state index contributed by atoms with van der Waals surface area (Å²) < 4.78 is 1.95. The van der Waals surface area contributed by atoms with Gasteiger partial charge in [-0.05, 0) is 12.8 Å². The largest absolute Gasteiger partial charge is 0.481 e. The summed E-state index contributed by atoms with van der Waals surface area (Å²) in [7, 11) is 0. The summed E-state index contributed by atoms with van der Waals surface area (Å²) in [5, 5.41) is 9.20. The summed E-state index contributed by atoms with van der Waals surface area (Å²) in [4.78, 5) is 15.2. The lowest BCUT2D eigenvalue weighted by Crippen LogP contribution is -2.24. The maximum Gasteiger partial charge on any atom is 0.308 e. The number of hydrogen-bond donors (Lipinski definition) is 1. The van der Waals surface area contributed by atoms with Gasteiger partial charge in [-0.2, -0.15) is 0 Å². The number of rotatable bonds is 2. The fourth-order valence-electron chi connectivity index (χ4n) is 2.40. The van der Waals surface area contributed by atoms with E-state index in [0.29, 0.717) is 0 Å². The van der Waals surface area contributed by atoms with Crippen LogP contribution in [0.3, 0.4) is 0 Å². The number of nitrogens with zero attached hydrogens (tertiary/aromatic N) is 2. The molecule has 0 bridgehead atoms. The molecule has 4 heteroatoms. The Hall–Kier alpha value is -1.32. The van der Waals surface area contributed by atoms with Crippen molar-refractivity contribution in [3.63, 3.8) is 0 Å². The predicted molar refractivity (Wildman–Crippen MR) is 55.5 cm³/mol. The Morgan fingerprint density at radius 2 is 2.13 bits per heavy atom. The third kappa shape index (κ3) is 2.19. The molecule has 0 spiro atoms. The van der Waals surface area contributed by atoms with Crippen LogP contribution in [0, 0.1) is 5.92 Å². The second-order valence-electron chi connectivity index (χ2n) is 4.16. The summed E-state index contributed by atoms with van der Waals surface area (Å²) >= 11 is 0. The van der Waals surface area contributed by atoms with Gasteiger partial charge in [0.25, 0.3) is 0 Å². The van der Waals surface area contributed by atoms with E-state index in [-0.39, 0.29) is 12.0 Å². The van der Waals surface area contributed by atoms with E-state index in [0.717, 1.165) is 32.1 Å². The van der Waals surface area contributed by atoms with Crippen molar-refractivity contribution in [3.8, 4) is 0 Å². The minimum atomic E-state index is -0.671. The summed E-state index contributed by atoms with van der Waals surface area (Å²) in [5.41, 5.74) is 0. The van der Waals surface area contributed by atoms with Crippen molar-refractivity contribution in [1.82, 2.24) is 9.55 Å². The van der Waals surface area contributed by atoms with E-state index in [1.807, 2.05) is 10.8 Å². The smallest absolute Gasteiger partial charge is 0.308 e. The average Bonchev–Trinajstić information content (AvgIpc) is 2.61. The Bertz CT molecular complexity index is 321. The molecular formula is C11H16N2O2. The van der Waals surface area contributed by atoms with Crippen LogP contribution in [0.5, 0.6) is 0 Å². The molecule has 1 fully saturated rings. The van der Waals surface area contributed by atoms with Gasteiger partial charge in [-0.25, -0.2) is 4.98 Å². The average molecular weight is 208 g/mol. The first-order valence-corrected chi connectivity index (χ1v) is 5.49. The first kappa shape index (κ1) is 10.2. The van der Waals surface area contributed by atoms with Crippen LogP contribution < -0.4 is 0 Å². The first-order valence-electron chi connectivity index (χ1n) is 5.49. The lowest BCUT2D eigenvalue weighted by molar-refractivity contribution is -0.143. The van der Waals surface area contributed by atoms with Crippen molar-refractivity contribution in [1.29, 1.82) is 0 Å². The van der Waals surface area contributed by atoms with Gasteiger partial charge in [0.2, 0.25) is 0 Å². The van der Waals surface area contributed by atoms with E-state index in [9.17, 15) is 9.90 Å². The Balaban J connectivity index is 2.20. The summed E-state index contributed by atoms with van der Waals surface area (Å²) in [6.45, 7) is 0. The quantitative estimate of drug-likeness (QED) is 0.757. The van der Waals surface area contributed by atoms with Crippen molar-refractivity contribution >= 4 is 5.97 Å². The van der Waals surface area contributed by atoms with Gasteiger partial charge in [0.05, 0.1) is 12.2 Å². The SMILES string of the molecule is O=C(O)C1CCCCCC1n1ccnc1. The molecule has 0 aliphatic heterocycles. The summed E-state index contributed by atoms with van der Waals surface area (Å²) in [5.74, 6) is -0.919. The van der Waals surface area contributed by atoms with Crippen LogP contribution in [0.15, 0.2) is 18.7 Å². The first-order chi connectivity index (χ1) is 7.29. The molecule has 0 radical (unpaired) electrons. The molecule has 1 aliphatic rings. The molecule has 1 saturated carbocycles. The summed E-state index contributed by atoms with van der Waals surface area (Å²) in [6.07, 6.45) is 10.3. The van der Waals surface area contributed by atoms with Crippen molar-refractivity contribution in [3.05, 3.63) is 18.7 Å². The zero-order chi connectivity index (χ0) is 10.7. The topological polar surface area (TPSA) is 55.1 Å². The van der Waals surface area contributed by atoms with Crippen molar-refractivity contribution in [2.24, 2.45) is 5.92 Å². The van der Waals surface area contributed by atoms with Gasteiger partial charge in [0, 0.05) is 18.4 Å². The van der Waals surface area contributed by atoms with Gasteiger partial charge < -0.3 is 9.67 Å². The van der Waals surface area contributed by atoms with Crippen LogP contribution in [-0.4, -0.2) is 20.6 Å². The third-order valence-corrected chi connectivity index (χ3v) is 3.20. The van der Waals surface area contributed by atoms with Crippen molar-refractivity contribution in [2.75, 3.05) is 0 Å². The monoisotopic (exact) mass is 208 g/mol. The number of aromatic nitrogens is 2. The zero-order valence-electron chi connectivity index (χ0n) is 8.67. The standard InChI is InChI=1S/C11H16N2O2/c14-11(15)9-4-2-1-3-5-10(9)13-7-6-12-8-13/h6-10H,1-5H2,(H,14,15). The molecule has 1 heterocycles. The number of hydrogen-bond acceptors (Lipinski definition) is 2. The zero-order valence-corrected chi connectivity index (χ0v) is 8.67. The highest BCUT2D eigenvalue weighted by Gasteiger charge is 2.30. The highest BCUT2D eigenvalue weighted by molar-refractivity contribution is 5.70. The highest BCUT2D eigenvalue weighted by Crippen LogP contribution is 2.32. The third-order valence-electron chi connectivity index (χ3n) is 3.20. The second kappa shape index (κ2) is 4.47. The molecule has 0 aromatic carbocycles. The Kier molecular flexibility index (Phi) is 3.04. The molecular weight excluding hydrogens is 192 g/mol. The van der Waals surface area contributed by atoms with Crippen LogP contribution in [0.4, 0.5) is 0 Å². The van der Waals surface area contributed by atoms with E-state index in [1.165, 1.54) is 0 Å². The van der Waals surface area contributed by atoms with Gasteiger partial charge >= 0.3 is 5.97 Å². The Morgan fingerprint density at radius 1 is 1.33 bits per heavy atom. The number of aliphatic carboxylic acids is 1. The summed E-state index contributed by atoms with van der Waals surface area (Å²) in [6, 6.07) is 0.0903. The maximum absolute atomic E-state index is 11.2. The Morgan fingerprint density at radius 3 is 2.80 bits per heavy atom. The number of carbonyl (C=O) groups is 1. The minimum absolute atomic E-state index is 0.0903. The van der Waals surface area contributed by atoms with Crippen LogP contribution >= 0.6 is 0 Å². The molecule has 2 unspecified atom stereocenters. The second-order valence-corrected chi connectivity index (χ2v) is 4.16. The van der Waals surface area contributed by atoms with Gasteiger partial charge in [-0.3, -0.25) is 4.79 Å². The van der Waals surface area contributed by atoms with Crippen LogP contribution in [0.25, 0.3) is 0 Å². The molecule has 82 valence electrons. The number of carboxylic acid groups (broad SMARTS) is 1. The molecule has 1 aromatic rings. The normalized spacial score (nSPS) is 27.2. The number of carboxylic acids is 1. The fraction of sp³-hybridized carbons (Fsp3) is 0.636. The number of imidazole rings is 1. The van der Waals surface area contributed by atoms with Crippen molar-refractivity contribution < 1.29 is 9.90 Å². The van der Waals surface area contributed by atoms with E-state index >= 15 is 0 Å². The lowest BCUT2D eigenvalue weighted by atomic mass is 9.95. The maximum atomic E-state index is 11.2. The molecule has 15 heavy (non-hydrogen) atoms. The fourth-order valence-corrected chi connectivity index (χ4v) is 2.40. The molecule has 2 atom stereocenters. The van der Waals surface area contributed by atoms with E-state index in [1.54, 1.807) is 12.5 Å². The van der Waals surface area contributed by atoms with E-state index in [4.69, 9.17) is 0 Å². The molecule has 1 aromatic heterocycles. The van der Waals surface area contributed by atoms with E-state index in [2.05, 4.69) is 4.98 Å². The van der Waals surface area contributed by atoms with Gasteiger partial charge in [0.1, 0.15) is 0 Å². The van der Waals surface area contributed by atoms with Crippen LogP contribution in [0.1, 0.15) is 38.1 Å². The Labute approximate surface area is 88.9 Å².